The second-order valence-corrected chi connectivity index (χ2v) is 6.71. The Morgan fingerprint density at radius 2 is 1.77 bits per heavy atom. The Balaban J connectivity index is 1.41. The van der Waals surface area contributed by atoms with Crippen LogP contribution in [0.2, 0.25) is 0 Å². The van der Waals surface area contributed by atoms with Crippen molar-refractivity contribution in [1.29, 1.82) is 0 Å². The maximum atomic E-state index is 13.8. The van der Waals surface area contributed by atoms with E-state index in [2.05, 4.69) is 10.2 Å². The Morgan fingerprint density at radius 1 is 1.04 bits per heavy atom. The fourth-order valence-corrected chi connectivity index (χ4v) is 3.68. The van der Waals surface area contributed by atoms with E-state index in [1.165, 1.54) is 18.2 Å². The van der Waals surface area contributed by atoms with Crippen molar-refractivity contribution in [3.63, 3.8) is 0 Å². The average Bonchev–Trinajstić information content (AvgIpc) is 3.06. The van der Waals surface area contributed by atoms with E-state index in [9.17, 15) is 13.9 Å². The molecule has 0 bridgehead atoms. The summed E-state index contributed by atoms with van der Waals surface area (Å²) < 4.78 is 29.6. The molecule has 0 radical (unpaired) electrons. The normalized spacial score (nSPS) is 17.7. The molecular weight excluding hydrogens is 338 g/mol. The SMILES string of the molecule is OC(CN1CCC(c2nnc3ccccn23)CC1)c1c(F)cccc1F. The van der Waals surface area contributed by atoms with Crippen LogP contribution in [0, 0.1) is 11.6 Å². The number of aliphatic hydroxyl groups is 1. The fourth-order valence-electron chi connectivity index (χ4n) is 3.68. The van der Waals surface area contributed by atoms with Crippen molar-refractivity contribution < 1.29 is 13.9 Å². The first-order valence-electron chi connectivity index (χ1n) is 8.77. The van der Waals surface area contributed by atoms with Gasteiger partial charge in [0.15, 0.2) is 5.65 Å². The number of halogens is 2. The Labute approximate surface area is 149 Å². The van der Waals surface area contributed by atoms with Gasteiger partial charge in [-0.1, -0.05) is 12.1 Å². The first-order chi connectivity index (χ1) is 12.6. The molecule has 1 aliphatic heterocycles. The van der Waals surface area contributed by atoms with Crippen molar-refractivity contribution in [2.45, 2.75) is 24.9 Å². The first kappa shape index (κ1) is 17.1. The summed E-state index contributed by atoms with van der Waals surface area (Å²) in [5, 5.41) is 18.8. The number of rotatable bonds is 4. The van der Waals surface area contributed by atoms with Crippen LogP contribution >= 0.6 is 0 Å². The summed E-state index contributed by atoms with van der Waals surface area (Å²) in [6.45, 7) is 1.68. The summed E-state index contributed by atoms with van der Waals surface area (Å²) >= 11 is 0. The van der Waals surface area contributed by atoms with Crippen LogP contribution in [0.15, 0.2) is 42.6 Å². The molecule has 3 aromatic rings. The molecule has 2 aromatic heterocycles. The molecule has 3 heterocycles. The molecule has 1 unspecified atom stereocenters. The number of aliphatic hydroxyl groups excluding tert-OH is 1. The molecule has 1 fully saturated rings. The summed E-state index contributed by atoms with van der Waals surface area (Å²) in [6, 6.07) is 9.45. The minimum absolute atomic E-state index is 0.213. The second-order valence-electron chi connectivity index (χ2n) is 6.71. The van der Waals surface area contributed by atoms with Crippen molar-refractivity contribution in [3.05, 3.63) is 65.6 Å². The molecule has 0 aliphatic carbocycles. The summed E-state index contributed by atoms with van der Waals surface area (Å²) in [5.74, 6) is -0.184. The van der Waals surface area contributed by atoms with Gasteiger partial charge in [-0.3, -0.25) is 4.40 Å². The van der Waals surface area contributed by atoms with Crippen LogP contribution in [0.1, 0.15) is 36.3 Å². The van der Waals surface area contributed by atoms with E-state index < -0.39 is 17.7 Å². The van der Waals surface area contributed by atoms with Gasteiger partial charge < -0.3 is 10.0 Å². The van der Waals surface area contributed by atoms with Crippen LogP contribution in [0.25, 0.3) is 5.65 Å². The quantitative estimate of drug-likeness (QED) is 0.779. The van der Waals surface area contributed by atoms with Gasteiger partial charge in [0.1, 0.15) is 17.5 Å². The molecule has 26 heavy (non-hydrogen) atoms. The van der Waals surface area contributed by atoms with Crippen LogP contribution in [-0.4, -0.2) is 44.2 Å². The van der Waals surface area contributed by atoms with Gasteiger partial charge in [-0.15, -0.1) is 10.2 Å². The minimum atomic E-state index is -1.18. The lowest BCUT2D eigenvalue weighted by Gasteiger charge is -2.32. The zero-order chi connectivity index (χ0) is 18.1. The molecule has 1 saturated heterocycles. The van der Waals surface area contributed by atoms with Crippen LogP contribution in [0.3, 0.4) is 0 Å². The predicted octanol–water partition coefficient (Wildman–Crippen LogP) is 2.92. The van der Waals surface area contributed by atoms with Gasteiger partial charge in [-0.2, -0.15) is 0 Å². The monoisotopic (exact) mass is 358 g/mol. The van der Waals surface area contributed by atoms with Crippen molar-refractivity contribution in [1.82, 2.24) is 19.5 Å². The molecule has 4 rings (SSSR count). The van der Waals surface area contributed by atoms with Gasteiger partial charge in [-0.05, 0) is 50.2 Å². The lowest BCUT2D eigenvalue weighted by molar-refractivity contribution is 0.0913. The van der Waals surface area contributed by atoms with E-state index in [1.54, 1.807) is 0 Å². The third-order valence-electron chi connectivity index (χ3n) is 5.06. The standard InChI is InChI=1S/C19H20F2N4O/c20-14-4-3-5-15(21)18(14)16(26)12-24-10-7-13(8-11-24)19-23-22-17-6-1-2-9-25(17)19/h1-6,9,13,16,26H,7-8,10-12H2. The lowest BCUT2D eigenvalue weighted by Crippen LogP contribution is -2.36. The number of pyridine rings is 1. The highest BCUT2D eigenvalue weighted by Gasteiger charge is 2.27. The maximum absolute atomic E-state index is 13.8. The van der Waals surface area contributed by atoms with Gasteiger partial charge >= 0.3 is 0 Å². The van der Waals surface area contributed by atoms with E-state index in [4.69, 9.17) is 0 Å². The van der Waals surface area contributed by atoms with Crippen molar-refractivity contribution in [3.8, 4) is 0 Å². The molecule has 1 N–H and O–H groups in total. The lowest BCUT2D eigenvalue weighted by atomic mass is 9.95. The zero-order valence-corrected chi connectivity index (χ0v) is 14.2. The number of nitrogens with zero attached hydrogens (tertiary/aromatic N) is 4. The minimum Gasteiger partial charge on any atom is -0.387 e. The highest BCUT2D eigenvalue weighted by molar-refractivity contribution is 5.37. The zero-order valence-electron chi connectivity index (χ0n) is 14.2. The number of benzene rings is 1. The summed E-state index contributed by atoms with van der Waals surface area (Å²) in [5.41, 5.74) is 0.577. The summed E-state index contributed by atoms with van der Waals surface area (Å²) in [7, 11) is 0. The molecule has 5 nitrogen and oxygen atoms in total. The molecule has 0 spiro atoms. The van der Waals surface area contributed by atoms with E-state index in [0.717, 1.165) is 37.4 Å². The van der Waals surface area contributed by atoms with E-state index in [0.29, 0.717) is 0 Å². The number of aromatic nitrogens is 3. The van der Waals surface area contributed by atoms with Crippen LogP contribution < -0.4 is 0 Å². The number of piperidine rings is 1. The topological polar surface area (TPSA) is 53.7 Å². The van der Waals surface area contributed by atoms with Gasteiger partial charge in [0.25, 0.3) is 0 Å². The van der Waals surface area contributed by atoms with Gasteiger partial charge in [0.2, 0.25) is 0 Å². The fraction of sp³-hybridized carbons (Fsp3) is 0.368. The second kappa shape index (κ2) is 7.09. The molecule has 1 aromatic carbocycles. The third kappa shape index (κ3) is 3.20. The molecule has 1 atom stereocenters. The van der Waals surface area contributed by atoms with Crippen molar-refractivity contribution in [2.24, 2.45) is 0 Å². The molecule has 7 heteroatoms. The van der Waals surface area contributed by atoms with Gasteiger partial charge in [-0.25, -0.2) is 8.78 Å². The predicted molar refractivity (Wildman–Crippen MR) is 92.7 cm³/mol. The smallest absolute Gasteiger partial charge is 0.160 e. The van der Waals surface area contributed by atoms with E-state index >= 15 is 0 Å². The number of β-amino-alcohol motifs (C(OH)–C–C–N with tert-alkyl or cyclic N) is 1. The van der Waals surface area contributed by atoms with E-state index in [-0.39, 0.29) is 18.0 Å². The van der Waals surface area contributed by atoms with Crippen molar-refractivity contribution >= 4 is 5.65 Å². The molecule has 136 valence electrons. The number of hydrogen-bond donors (Lipinski definition) is 1. The molecule has 0 amide bonds. The maximum Gasteiger partial charge on any atom is 0.160 e. The Bertz CT molecular complexity index is 885. The molecule has 1 aliphatic rings. The Kier molecular flexibility index (Phi) is 4.65. The number of likely N-dealkylation sites (tertiary alicyclic amines) is 1. The van der Waals surface area contributed by atoms with Crippen molar-refractivity contribution in [2.75, 3.05) is 19.6 Å². The van der Waals surface area contributed by atoms with Crippen LogP contribution in [-0.2, 0) is 0 Å². The summed E-state index contributed by atoms with van der Waals surface area (Å²) in [4.78, 5) is 2.04. The highest BCUT2D eigenvalue weighted by Crippen LogP contribution is 2.29. The average molecular weight is 358 g/mol. The molecule has 0 saturated carbocycles. The Morgan fingerprint density at radius 3 is 2.50 bits per heavy atom. The largest absolute Gasteiger partial charge is 0.387 e. The van der Waals surface area contributed by atoms with E-state index in [1.807, 2.05) is 33.7 Å². The number of fused-ring (bicyclic) bond motifs is 1. The Hall–Kier alpha value is -2.38. The molecular formula is C19H20F2N4O. The highest BCUT2D eigenvalue weighted by atomic mass is 19.1. The first-order valence-corrected chi connectivity index (χ1v) is 8.77. The van der Waals surface area contributed by atoms with Crippen LogP contribution in [0.5, 0.6) is 0 Å². The van der Waals surface area contributed by atoms with Crippen LogP contribution in [0.4, 0.5) is 8.78 Å². The number of hydrogen-bond acceptors (Lipinski definition) is 4. The third-order valence-corrected chi connectivity index (χ3v) is 5.06. The van der Waals surface area contributed by atoms with Gasteiger partial charge in [0, 0.05) is 18.7 Å². The van der Waals surface area contributed by atoms with Gasteiger partial charge in [0.05, 0.1) is 11.7 Å². The summed E-state index contributed by atoms with van der Waals surface area (Å²) in [6.07, 6.45) is 2.51.